The Hall–Kier alpha value is -1.05. The van der Waals surface area contributed by atoms with Crippen LogP contribution in [0.25, 0.3) is 10.2 Å². The summed E-state index contributed by atoms with van der Waals surface area (Å²) in [7, 11) is 0. The van der Waals surface area contributed by atoms with E-state index in [9.17, 15) is 0 Å². The highest BCUT2D eigenvalue weighted by atomic mass is 32.2. The first-order chi connectivity index (χ1) is 7.83. The van der Waals surface area contributed by atoms with Gasteiger partial charge in [0.1, 0.15) is 21.2 Å². The molecule has 0 saturated heterocycles. The SMILES string of the molecule is Cc1nnc(Sc2ncnc3sccc23)s1. The molecule has 7 heteroatoms. The molecule has 0 amide bonds. The summed E-state index contributed by atoms with van der Waals surface area (Å²) in [4.78, 5) is 9.50. The van der Waals surface area contributed by atoms with Crippen LogP contribution in [-0.4, -0.2) is 20.2 Å². The van der Waals surface area contributed by atoms with Crippen LogP contribution in [0.2, 0.25) is 0 Å². The molecular formula is C9H6N4S3. The van der Waals surface area contributed by atoms with Crippen LogP contribution in [0.15, 0.2) is 27.1 Å². The Morgan fingerprint density at radius 2 is 2.19 bits per heavy atom. The van der Waals surface area contributed by atoms with Crippen molar-refractivity contribution >= 4 is 44.7 Å². The first kappa shape index (κ1) is 10.1. The molecule has 0 fully saturated rings. The van der Waals surface area contributed by atoms with Gasteiger partial charge >= 0.3 is 0 Å². The van der Waals surface area contributed by atoms with Crippen molar-refractivity contribution in [1.82, 2.24) is 20.2 Å². The van der Waals surface area contributed by atoms with E-state index in [4.69, 9.17) is 0 Å². The van der Waals surface area contributed by atoms with Crippen molar-refractivity contribution in [3.63, 3.8) is 0 Å². The van der Waals surface area contributed by atoms with Gasteiger partial charge in [0.25, 0.3) is 0 Å². The van der Waals surface area contributed by atoms with Crippen molar-refractivity contribution in [2.24, 2.45) is 0 Å². The Kier molecular flexibility index (Phi) is 2.58. The number of aromatic nitrogens is 4. The van der Waals surface area contributed by atoms with E-state index < -0.39 is 0 Å². The van der Waals surface area contributed by atoms with Crippen molar-refractivity contribution in [2.75, 3.05) is 0 Å². The monoisotopic (exact) mass is 266 g/mol. The van der Waals surface area contributed by atoms with Crippen molar-refractivity contribution < 1.29 is 0 Å². The average molecular weight is 266 g/mol. The van der Waals surface area contributed by atoms with E-state index in [1.54, 1.807) is 40.8 Å². The van der Waals surface area contributed by atoms with E-state index >= 15 is 0 Å². The predicted octanol–water partition coefficient (Wildman–Crippen LogP) is 3.00. The number of nitrogens with zero attached hydrogens (tertiary/aromatic N) is 4. The number of aryl methyl sites for hydroxylation is 1. The van der Waals surface area contributed by atoms with E-state index in [0.29, 0.717) is 0 Å². The third-order valence-corrected chi connectivity index (χ3v) is 4.65. The van der Waals surface area contributed by atoms with Gasteiger partial charge < -0.3 is 0 Å². The molecule has 4 nitrogen and oxygen atoms in total. The standard InChI is InChI=1S/C9H6N4S3/c1-5-12-13-9(15-5)16-8-6-2-3-14-7(6)10-4-11-8/h2-4H,1H3. The molecule has 0 radical (unpaired) electrons. The zero-order chi connectivity index (χ0) is 11.0. The minimum atomic E-state index is 0.920. The van der Waals surface area contributed by atoms with Crippen LogP contribution in [0.3, 0.4) is 0 Å². The molecular weight excluding hydrogens is 260 g/mol. The maximum absolute atomic E-state index is 4.28. The molecule has 0 aromatic carbocycles. The molecule has 0 aliphatic rings. The fraction of sp³-hybridized carbons (Fsp3) is 0.111. The van der Waals surface area contributed by atoms with Gasteiger partial charge in [-0.3, -0.25) is 0 Å². The van der Waals surface area contributed by atoms with E-state index in [1.165, 1.54) is 0 Å². The Balaban J connectivity index is 2.03. The number of hydrogen-bond donors (Lipinski definition) is 0. The minimum Gasteiger partial charge on any atom is -0.229 e. The fourth-order valence-corrected chi connectivity index (χ4v) is 3.85. The van der Waals surface area contributed by atoms with E-state index in [0.717, 1.165) is 24.6 Å². The second-order valence-corrected chi connectivity index (χ2v) is 6.32. The molecule has 3 rings (SSSR count). The van der Waals surface area contributed by atoms with E-state index in [-0.39, 0.29) is 0 Å². The summed E-state index contributed by atoms with van der Waals surface area (Å²) in [5, 5.41) is 13.1. The van der Waals surface area contributed by atoms with Gasteiger partial charge in [-0.15, -0.1) is 21.5 Å². The van der Waals surface area contributed by atoms with Crippen molar-refractivity contribution in [1.29, 1.82) is 0 Å². The maximum atomic E-state index is 4.28. The summed E-state index contributed by atoms with van der Waals surface area (Å²) in [5.74, 6) is 0. The van der Waals surface area contributed by atoms with Gasteiger partial charge in [0.05, 0.1) is 0 Å². The second kappa shape index (κ2) is 4.08. The summed E-state index contributed by atoms with van der Waals surface area (Å²) in [6.45, 7) is 1.95. The molecule has 3 aromatic heterocycles. The molecule has 0 spiro atoms. The molecule has 3 heterocycles. The first-order valence-electron chi connectivity index (χ1n) is 4.49. The Bertz CT molecular complexity index is 630. The van der Waals surface area contributed by atoms with Crippen LogP contribution >= 0.6 is 34.4 Å². The second-order valence-electron chi connectivity index (χ2n) is 3.01. The van der Waals surface area contributed by atoms with Crippen molar-refractivity contribution in [3.8, 4) is 0 Å². The lowest BCUT2D eigenvalue weighted by molar-refractivity contribution is 0.981. The Morgan fingerprint density at radius 1 is 1.25 bits per heavy atom. The highest BCUT2D eigenvalue weighted by Gasteiger charge is 2.09. The maximum Gasteiger partial charge on any atom is 0.180 e. The Labute approximate surface area is 104 Å². The zero-order valence-electron chi connectivity index (χ0n) is 8.25. The van der Waals surface area contributed by atoms with E-state index in [2.05, 4.69) is 20.2 Å². The van der Waals surface area contributed by atoms with Crippen LogP contribution in [0.4, 0.5) is 0 Å². The highest BCUT2D eigenvalue weighted by Crippen LogP contribution is 2.33. The van der Waals surface area contributed by atoms with E-state index in [1.807, 2.05) is 18.4 Å². The number of hydrogen-bond acceptors (Lipinski definition) is 7. The number of rotatable bonds is 2. The molecule has 0 aliphatic heterocycles. The van der Waals surface area contributed by atoms with Gasteiger partial charge in [-0.2, -0.15) is 0 Å². The summed E-state index contributed by atoms with van der Waals surface area (Å²) in [6, 6.07) is 2.04. The molecule has 3 aromatic rings. The lowest BCUT2D eigenvalue weighted by atomic mass is 10.4. The minimum absolute atomic E-state index is 0.920. The first-order valence-corrected chi connectivity index (χ1v) is 7.00. The van der Waals surface area contributed by atoms with Gasteiger partial charge in [0.2, 0.25) is 0 Å². The van der Waals surface area contributed by atoms with Gasteiger partial charge in [-0.05, 0) is 30.1 Å². The summed E-state index contributed by atoms with van der Waals surface area (Å²) >= 11 is 4.74. The smallest absolute Gasteiger partial charge is 0.180 e. The fourth-order valence-electron chi connectivity index (χ4n) is 1.25. The van der Waals surface area contributed by atoms with Gasteiger partial charge in [-0.1, -0.05) is 11.3 Å². The summed E-state index contributed by atoms with van der Waals surface area (Å²) in [5.41, 5.74) is 0. The quantitative estimate of drug-likeness (QED) is 0.667. The van der Waals surface area contributed by atoms with Crippen LogP contribution in [0.5, 0.6) is 0 Å². The van der Waals surface area contributed by atoms with Gasteiger partial charge in [0, 0.05) is 5.39 Å². The van der Waals surface area contributed by atoms with Crippen molar-refractivity contribution in [3.05, 3.63) is 22.8 Å². The molecule has 0 aliphatic carbocycles. The van der Waals surface area contributed by atoms with Gasteiger partial charge in [0.15, 0.2) is 4.34 Å². The lowest BCUT2D eigenvalue weighted by Crippen LogP contribution is -1.82. The summed E-state index contributed by atoms with van der Waals surface area (Å²) in [6.07, 6.45) is 1.59. The molecule has 0 saturated carbocycles. The molecule has 16 heavy (non-hydrogen) atoms. The predicted molar refractivity (Wildman–Crippen MR) is 66.2 cm³/mol. The largest absolute Gasteiger partial charge is 0.229 e. The van der Waals surface area contributed by atoms with Crippen LogP contribution < -0.4 is 0 Å². The summed E-state index contributed by atoms with van der Waals surface area (Å²) < 4.78 is 0.920. The van der Waals surface area contributed by atoms with Crippen LogP contribution in [0.1, 0.15) is 5.01 Å². The third-order valence-electron chi connectivity index (χ3n) is 1.92. The average Bonchev–Trinajstić information content (AvgIpc) is 2.87. The van der Waals surface area contributed by atoms with Crippen molar-refractivity contribution in [2.45, 2.75) is 16.3 Å². The topological polar surface area (TPSA) is 51.6 Å². The molecule has 0 unspecified atom stereocenters. The number of fused-ring (bicyclic) bond motifs is 1. The third kappa shape index (κ3) is 1.81. The molecule has 0 bridgehead atoms. The van der Waals surface area contributed by atoms with Crippen LogP contribution in [0, 0.1) is 6.92 Å². The van der Waals surface area contributed by atoms with Crippen LogP contribution in [-0.2, 0) is 0 Å². The Morgan fingerprint density at radius 3 is 3.00 bits per heavy atom. The highest BCUT2D eigenvalue weighted by molar-refractivity contribution is 8.01. The molecule has 80 valence electrons. The normalized spacial score (nSPS) is 11.1. The lowest BCUT2D eigenvalue weighted by Gasteiger charge is -1.96. The number of thiophene rings is 1. The molecule has 0 N–H and O–H groups in total. The molecule has 0 atom stereocenters. The van der Waals surface area contributed by atoms with Gasteiger partial charge in [-0.25, -0.2) is 9.97 Å². The zero-order valence-corrected chi connectivity index (χ0v) is 10.7.